The Morgan fingerprint density at radius 1 is 1.00 bits per heavy atom. The summed E-state index contributed by atoms with van der Waals surface area (Å²) in [6.07, 6.45) is -2.44. The van der Waals surface area contributed by atoms with Gasteiger partial charge in [0, 0.05) is 19.6 Å². The summed E-state index contributed by atoms with van der Waals surface area (Å²) in [6, 6.07) is 6.90. The van der Waals surface area contributed by atoms with Crippen LogP contribution in [0.25, 0.3) is 0 Å². The lowest BCUT2D eigenvalue weighted by atomic mass is 9.95. The average molecular weight is 404 g/mol. The second-order valence-electron chi connectivity index (χ2n) is 7.11. The number of alkyl halides is 3. The summed E-state index contributed by atoms with van der Waals surface area (Å²) in [5, 5.41) is 0. The molecule has 0 unspecified atom stereocenters. The summed E-state index contributed by atoms with van der Waals surface area (Å²) in [5.74, 6) is -2.05. The number of carbonyl (C=O) groups is 1. The molecule has 1 aromatic carbocycles. The molecule has 0 saturated carbocycles. The molecule has 27 heavy (non-hydrogen) atoms. The highest BCUT2D eigenvalue weighted by Gasteiger charge is 2.45. The summed E-state index contributed by atoms with van der Waals surface area (Å²) >= 11 is 0. The Morgan fingerprint density at radius 2 is 1.70 bits per heavy atom. The third-order valence-corrected chi connectivity index (χ3v) is 7.21. The molecular formula is C18H23F3N2O3S. The van der Waals surface area contributed by atoms with Gasteiger partial charge in [0.1, 0.15) is 6.04 Å². The number of halogens is 3. The first kappa shape index (κ1) is 20.1. The second kappa shape index (κ2) is 7.79. The van der Waals surface area contributed by atoms with E-state index in [-0.39, 0.29) is 30.8 Å². The van der Waals surface area contributed by atoms with Crippen molar-refractivity contribution in [3.8, 4) is 0 Å². The van der Waals surface area contributed by atoms with Crippen LogP contribution in [-0.4, -0.2) is 55.4 Å². The number of benzene rings is 1. The molecule has 2 atom stereocenters. The molecule has 2 aliphatic heterocycles. The molecule has 1 amide bonds. The van der Waals surface area contributed by atoms with Crippen molar-refractivity contribution in [1.82, 2.24) is 9.21 Å². The second-order valence-corrected chi connectivity index (χ2v) is 9.00. The third-order valence-electron chi connectivity index (χ3n) is 5.28. The van der Waals surface area contributed by atoms with E-state index in [1.165, 1.54) is 21.3 Å². The van der Waals surface area contributed by atoms with Crippen LogP contribution in [0.1, 0.15) is 32.1 Å². The first-order valence-corrected chi connectivity index (χ1v) is 10.6. The predicted octanol–water partition coefficient (Wildman–Crippen LogP) is 3.03. The van der Waals surface area contributed by atoms with Crippen LogP contribution in [-0.2, 0) is 14.8 Å². The topological polar surface area (TPSA) is 57.7 Å². The number of carbonyl (C=O) groups excluding carboxylic acids is 1. The average Bonchev–Trinajstić information content (AvgIpc) is 2.67. The van der Waals surface area contributed by atoms with Gasteiger partial charge in [-0.05, 0) is 37.8 Å². The molecule has 0 aromatic heterocycles. The third kappa shape index (κ3) is 4.29. The number of piperidine rings is 2. The van der Waals surface area contributed by atoms with Gasteiger partial charge in [0.25, 0.3) is 0 Å². The zero-order chi connectivity index (χ0) is 19.7. The Morgan fingerprint density at radius 3 is 2.37 bits per heavy atom. The smallest absolute Gasteiger partial charge is 0.341 e. The van der Waals surface area contributed by atoms with Crippen LogP contribution in [0.5, 0.6) is 0 Å². The van der Waals surface area contributed by atoms with Crippen molar-refractivity contribution in [2.45, 2.75) is 49.2 Å². The Labute approximate surface area is 157 Å². The van der Waals surface area contributed by atoms with Crippen LogP contribution >= 0.6 is 0 Å². The van der Waals surface area contributed by atoms with Crippen LogP contribution in [0.3, 0.4) is 0 Å². The van der Waals surface area contributed by atoms with Gasteiger partial charge in [0.2, 0.25) is 15.9 Å². The number of rotatable bonds is 3. The standard InChI is InChI=1S/C18H23F3N2O3S/c19-18(20,21)14-7-6-11-22(13-14)17(24)16-10-4-5-12-23(16)27(25,26)15-8-2-1-3-9-15/h1-3,8-9,14,16H,4-7,10-13H2/t14-,16-/m0/s1. The van der Waals surface area contributed by atoms with E-state index in [0.29, 0.717) is 19.3 Å². The van der Waals surface area contributed by atoms with E-state index >= 15 is 0 Å². The minimum atomic E-state index is -4.35. The lowest BCUT2D eigenvalue weighted by Gasteiger charge is -2.40. The Balaban J connectivity index is 1.82. The first-order valence-electron chi connectivity index (χ1n) is 9.13. The SMILES string of the molecule is O=C([C@@H]1CCCCN1S(=O)(=O)c1ccccc1)N1CCC[C@H](C(F)(F)F)C1. The molecule has 2 saturated heterocycles. The van der Waals surface area contributed by atoms with E-state index in [9.17, 15) is 26.4 Å². The van der Waals surface area contributed by atoms with E-state index < -0.39 is 40.6 Å². The molecular weight excluding hydrogens is 381 g/mol. The van der Waals surface area contributed by atoms with Gasteiger partial charge in [-0.3, -0.25) is 4.79 Å². The highest BCUT2D eigenvalue weighted by Crippen LogP contribution is 2.34. The van der Waals surface area contributed by atoms with E-state index in [1.807, 2.05) is 0 Å². The van der Waals surface area contributed by atoms with Gasteiger partial charge in [0.05, 0.1) is 10.8 Å². The number of nitrogens with zero attached hydrogens (tertiary/aromatic N) is 2. The maximum atomic E-state index is 13.1. The number of sulfonamides is 1. The Hall–Kier alpha value is -1.61. The van der Waals surface area contributed by atoms with Gasteiger partial charge >= 0.3 is 6.18 Å². The summed E-state index contributed by atoms with van der Waals surface area (Å²) in [7, 11) is -3.87. The molecule has 0 spiro atoms. The number of amides is 1. The quantitative estimate of drug-likeness (QED) is 0.778. The fraction of sp³-hybridized carbons (Fsp3) is 0.611. The fourth-order valence-corrected chi connectivity index (χ4v) is 5.49. The van der Waals surface area contributed by atoms with E-state index in [4.69, 9.17) is 0 Å². The van der Waals surface area contributed by atoms with Crippen LogP contribution in [0.4, 0.5) is 13.2 Å². The molecule has 0 aliphatic carbocycles. The van der Waals surface area contributed by atoms with Crippen molar-refractivity contribution in [2.24, 2.45) is 5.92 Å². The van der Waals surface area contributed by atoms with Crippen molar-refractivity contribution in [3.63, 3.8) is 0 Å². The zero-order valence-corrected chi connectivity index (χ0v) is 15.7. The minimum Gasteiger partial charge on any atom is -0.341 e. The fourth-order valence-electron chi connectivity index (χ4n) is 3.82. The van der Waals surface area contributed by atoms with E-state index in [1.54, 1.807) is 18.2 Å². The molecule has 2 heterocycles. The number of hydrogen-bond acceptors (Lipinski definition) is 3. The van der Waals surface area contributed by atoms with Crippen molar-refractivity contribution >= 4 is 15.9 Å². The molecule has 2 aliphatic rings. The van der Waals surface area contributed by atoms with Gasteiger partial charge < -0.3 is 4.90 Å². The monoisotopic (exact) mass is 404 g/mol. The minimum absolute atomic E-state index is 0.00394. The Kier molecular flexibility index (Phi) is 5.81. The van der Waals surface area contributed by atoms with Crippen LogP contribution in [0.15, 0.2) is 35.2 Å². The highest BCUT2D eigenvalue weighted by atomic mass is 32.2. The summed E-state index contributed by atoms with van der Waals surface area (Å²) in [6.45, 7) is 0.0450. The van der Waals surface area contributed by atoms with E-state index in [2.05, 4.69) is 0 Å². The molecule has 9 heteroatoms. The number of hydrogen-bond donors (Lipinski definition) is 0. The summed E-state index contributed by atoms with van der Waals surface area (Å²) in [5.41, 5.74) is 0. The molecule has 0 radical (unpaired) electrons. The highest BCUT2D eigenvalue weighted by molar-refractivity contribution is 7.89. The van der Waals surface area contributed by atoms with Crippen molar-refractivity contribution in [1.29, 1.82) is 0 Å². The van der Waals surface area contributed by atoms with Gasteiger partial charge in [0.15, 0.2) is 0 Å². The normalized spacial score (nSPS) is 25.4. The molecule has 0 N–H and O–H groups in total. The molecule has 150 valence electrons. The van der Waals surface area contributed by atoms with Gasteiger partial charge in [-0.2, -0.15) is 17.5 Å². The predicted molar refractivity (Wildman–Crippen MR) is 93.3 cm³/mol. The summed E-state index contributed by atoms with van der Waals surface area (Å²) < 4.78 is 66.3. The number of likely N-dealkylation sites (tertiary alicyclic amines) is 1. The lowest BCUT2D eigenvalue weighted by Crippen LogP contribution is -2.55. The maximum Gasteiger partial charge on any atom is 0.393 e. The van der Waals surface area contributed by atoms with Gasteiger partial charge in [-0.15, -0.1) is 0 Å². The van der Waals surface area contributed by atoms with Crippen molar-refractivity contribution in [3.05, 3.63) is 30.3 Å². The van der Waals surface area contributed by atoms with Crippen LogP contribution in [0, 0.1) is 5.92 Å². The zero-order valence-electron chi connectivity index (χ0n) is 14.9. The summed E-state index contributed by atoms with van der Waals surface area (Å²) in [4.78, 5) is 14.3. The first-order chi connectivity index (χ1) is 12.7. The largest absolute Gasteiger partial charge is 0.393 e. The molecule has 1 aromatic rings. The van der Waals surface area contributed by atoms with Crippen LogP contribution < -0.4 is 0 Å². The van der Waals surface area contributed by atoms with E-state index in [0.717, 1.165) is 0 Å². The van der Waals surface area contributed by atoms with Crippen molar-refractivity contribution < 1.29 is 26.4 Å². The molecule has 3 rings (SSSR count). The lowest BCUT2D eigenvalue weighted by molar-refractivity contribution is -0.188. The van der Waals surface area contributed by atoms with Crippen molar-refractivity contribution in [2.75, 3.05) is 19.6 Å². The maximum absolute atomic E-state index is 13.1. The van der Waals surface area contributed by atoms with Gasteiger partial charge in [-0.25, -0.2) is 8.42 Å². The molecule has 0 bridgehead atoms. The Bertz CT molecular complexity index is 768. The molecule has 2 fully saturated rings. The van der Waals surface area contributed by atoms with Crippen LogP contribution in [0.2, 0.25) is 0 Å². The molecule has 5 nitrogen and oxygen atoms in total. The van der Waals surface area contributed by atoms with Gasteiger partial charge in [-0.1, -0.05) is 24.6 Å².